The van der Waals surface area contributed by atoms with Crippen LogP contribution < -0.4 is 14.8 Å². The van der Waals surface area contributed by atoms with Crippen molar-refractivity contribution in [2.75, 3.05) is 53.0 Å². The first-order valence-corrected chi connectivity index (χ1v) is 7.25. The van der Waals surface area contributed by atoms with Gasteiger partial charge in [-0.25, -0.2) is 0 Å². The van der Waals surface area contributed by atoms with Gasteiger partial charge in [0.05, 0.1) is 13.2 Å². The molecule has 0 aromatic carbocycles. The van der Waals surface area contributed by atoms with E-state index in [-0.39, 0.29) is 25.6 Å². The lowest BCUT2D eigenvalue weighted by Crippen LogP contribution is -2.50. The Kier molecular flexibility index (Phi) is 6.50. The van der Waals surface area contributed by atoms with Gasteiger partial charge in [0.1, 0.15) is 0 Å². The predicted molar refractivity (Wildman–Crippen MR) is 66.3 cm³/mol. The zero-order valence-electron chi connectivity index (χ0n) is 10.4. The van der Waals surface area contributed by atoms with Crippen LogP contribution in [0.25, 0.3) is 0 Å². The number of carbonyl (C=O) groups excluding carboxylic acids is 1. The molecule has 0 saturated carbocycles. The van der Waals surface area contributed by atoms with Crippen molar-refractivity contribution in [2.24, 2.45) is 0 Å². The molecule has 1 fully saturated rings. The summed E-state index contributed by atoms with van der Waals surface area (Å²) in [6.45, 7) is 2.94. The van der Waals surface area contributed by atoms with Crippen LogP contribution in [0, 0.1) is 0 Å². The molecule has 1 aliphatic heterocycles. The third kappa shape index (κ3) is 5.74. The fourth-order valence-corrected chi connectivity index (χ4v) is 2.28. The number of rotatable bonds is 7. The van der Waals surface area contributed by atoms with Crippen molar-refractivity contribution in [3.63, 3.8) is 0 Å². The summed E-state index contributed by atoms with van der Waals surface area (Å²) in [6.07, 6.45) is 0. The fraction of sp³-hybridized carbons (Fsp3) is 0.889. The molecule has 1 aliphatic rings. The molecule has 1 heterocycles. The topological polar surface area (TPSA) is 99.8 Å². The molecule has 1 amide bonds. The first-order valence-electron chi connectivity index (χ1n) is 5.77. The second-order valence-corrected chi connectivity index (χ2v) is 5.43. The van der Waals surface area contributed by atoms with E-state index in [0.29, 0.717) is 13.1 Å². The summed E-state index contributed by atoms with van der Waals surface area (Å²) in [5, 5.41) is 3.12. The second kappa shape index (κ2) is 7.64. The summed E-state index contributed by atoms with van der Waals surface area (Å²) in [5.74, 6) is -0.214. The summed E-state index contributed by atoms with van der Waals surface area (Å²) in [5.41, 5.74) is 0. The van der Waals surface area contributed by atoms with Crippen molar-refractivity contribution in [2.45, 2.75) is 0 Å². The third-order valence-corrected chi connectivity index (χ3v) is 3.59. The van der Waals surface area contributed by atoms with Crippen LogP contribution in [0.4, 0.5) is 0 Å². The number of piperazine rings is 1. The Morgan fingerprint density at radius 3 is 2.61 bits per heavy atom. The summed E-state index contributed by atoms with van der Waals surface area (Å²) in [7, 11) is -2.15. The molecule has 0 aliphatic carbocycles. The van der Waals surface area contributed by atoms with E-state index in [4.69, 9.17) is 4.74 Å². The Morgan fingerprint density at radius 2 is 2.00 bits per heavy atom. The molecule has 18 heavy (non-hydrogen) atoms. The Bertz CT molecular complexity index is 354. The maximum atomic E-state index is 11.7. The number of ether oxygens (including phenoxy) is 1. The molecule has 9 heteroatoms. The molecule has 0 atom stereocenters. The first kappa shape index (κ1) is 15.3. The average Bonchev–Trinajstić information content (AvgIpc) is 2.37. The van der Waals surface area contributed by atoms with Crippen molar-refractivity contribution in [1.29, 1.82) is 0 Å². The number of nitrogens with one attached hydrogen (secondary N) is 3. The van der Waals surface area contributed by atoms with Crippen LogP contribution in [-0.2, 0) is 19.7 Å². The molecule has 0 unspecified atom stereocenters. The van der Waals surface area contributed by atoms with E-state index < -0.39 is 10.2 Å². The molecule has 1 saturated heterocycles. The Hall–Kier alpha value is -0.740. The highest BCUT2D eigenvalue weighted by Gasteiger charge is 2.18. The number of methoxy groups -OCH3 is 1. The summed E-state index contributed by atoms with van der Waals surface area (Å²) < 4.78 is 32.1. The SMILES string of the molecule is COCCNS(=O)(=O)NCC(=O)N1CCNCC1. The molecule has 0 bridgehead atoms. The lowest BCUT2D eigenvalue weighted by Gasteiger charge is -2.27. The highest BCUT2D eigenvalue weighted by Crippen LogP contribution is 1.92. The highest BCUT2D eigenvalue weighted by atomic mass is 32.2. The third-order valence-electron chi connectivity index (χ3n) is 2.48. The standard InChI is InChI=1S/C9H20N4O4S/c1-17-7-4-11-18(15,16)12-8-9(14)13-5-2-10-3-6-13/h10-12H,2-8H2,1H3. The number of amides is 1. The highest BCUT2D eigenvalue weighted by molar-refractivity contribution is 7.87. The van der Waals surface area contributed by atoms with Gasteiger partial charge in [-0.05, 0) is 0 Å². The number of hydrogen-bond acceptors (Lipinski definition) is 5. The smallest absolute Gasteiger partial charge is 0.277 e. The van der Waals surface area contributed by atoms with Crippen molar-refractivity contribution in [3.05, 3.63) is 0 Å². The van der Waals surface area contributed by atoms with Gasteiger partial charge in [-0.1, -0.05) is 0 Å². The summed E-state index contributed by atoms with van der Waals surface area (Å²) >= 11 is 0. The zero-order chi connectivity index (χ0) is 13.4. The molecule has 0 spiro atoms. The van der Waals surface area contributed by atoms with Gasteiger partial charge in [-0.3, -0.25) is 4.79 Å². The van der Waals surface area contributed by atoms with Gasteiger partial charge in [0, 0.05) is 39.8 Å². The molecular formula is C9H20N4O4S. The van der Waals surface area contributed by atoms with Crippen LogP contribution >= 0.6 is 0 Å². The van der Waals surface area contributed by atoms with E-state index in [1.165, 1.54) is 7.11 Å². The molecule has 0 radical (unpaired) electrons. The lowest BCUT2D eigenvalue weighted by atomic mass is 10.3. The van der Waals surface area contributed by atoms with Crippen LogP contribution in [0.5, 0.6) is 0 Å². The summed E-state index contributed by atoms with van der Waals surface area (Å²) in [4.78, 5) is 13.3. The number of hydrogen-bond donors (Lipinski definition) is 3. The van der Waals surface area contributed by atoms with Gasteiger partial charge in [-0.2, -0.15) is 17.9 Å². The van der Waals surface area contributed by atoms with E-state index in [9.17, 15) is 13.2 Å². The van der Waals surface area contributed by atoms with Crippen LogP contribution in [0.1, 0.15) is 0 Å². The maximum Gasteiger partial charge on any atom is 0.277 e. The minimum absolute atomic E-state index is 0.174. The Balaban J connectivity index is 2.27. The molecule has 106 valence electrons. The van der Waals surface area contributed by atoms with Gasteiger partial charge >= 0.3 is 0 Å². The van der Waals surface area contributed by atoms with Gasteiger partial charge in [0.25, 0.3) is 10.2 Å². The average molecular weight is 280 g/mol. The predicted octanol–water partition coefficient (Wildman–Crippen LogP) is -2.51. The van der Waals surface area contributed by atoms with Crippen LogP contribution in [0.2, 0.25) is 0 Å². The zero-order valence-corrected chi connectivity index (χ0v) is 11.3. The summed E-state index contributed by atoms with van der Waals surface area (Å²) in [6, 6.07) is 0. The molecular weight excluding hydrogens is 260 g/mol. The second-order valence-electron chi connectivity index (χ2n) is 3.84. The van der Waals surface area contributed by atoms with E-state index in [1.807, 2.05) is 0 Å². The van der Waals surface area contributed by atoms with Crippen molar-refractivity contribution in [1.82, 2.24) is 19.7 Å². The van der Waals surface area contributed by atoms with E-state index in [0.717, 1.165) is 13.1 Å². The monoisotopic (exact) mass is 280 g/mol. The molecule has 3 N–H and O–H groups in total. The fourth-order valence-electron chi connectivity index (χ4n) is 1.51. The Morgan fingerprint density at radius 1 is 1.33 bits per heavy atom. The van der Waals surface area contributed by atoms with E-state index >= 15 is 0 Å². The lowest BCUT2D eigenvalue weighted by molar-refractivity contribution is -0.130. The maximum absolute atomic E-state index is 11.7. The van der Waals surface area contributed by atoms with E-state index in [1.54, 1.807) is 4.90 Å². The van der Waals surface area contributed by atoms with Crippen molar-refractivity contribution in [3.8, 4) is 0 Å². The Labute approximate surface area is 107 Å². The van der Waals surface area contributed by atoms with Crippen molar-refractivity contribution >= 4 is 16.1 Å². The van der Waals surface area contributed by atoms with Gasteiger partial charge in [0.2, 0.25) is 5.91 Å². The largest absolute Gasteiger partial charge is 0.383 e. The van der Waals surface area contributed by atoms with Crippen molar-refractivity contribution < 1.29 is 17.9 Å². The quantitative estimate of drug-likeness (QED) is 0.447. The molecule has 8 nitrogen and oxygen atoms in total. The first-order chi connectivity index (χ1) is 8.55. The minimum atomic E-state index is -3.63. The van der Waals surface area contributed by atoms with E-state index in [2.05, 4.69) is 14.8 Å². The van der Waals surface area contributed by atoms with Gasteiger partial charge in [-0.15, -0.1) is 0 Å². The molecule has 0 aromatic rings. The van der Waals surface area contributed by atoms with Crippen LogP contribution in [0.3, 0.4) is 0 Å². The van der Waals surface area contributed by atoms with Crippen LogP contribution in [-0.4, -0.2) is 72.2 Å². The normalized spacial score (nSPS) is 16.8. The molecule has 0 aromatic heterocycles. The minimum Gasteiger partial charge on any atom is -0.383 e. The van der Waals surface area contributed by atoms with Gasteiger partial charge < -0.3 is 15.0 Å². The number of carbonyl (C=O) groups is 1. The number of nitrogens with zero attached hydrogens (tertiary/aromatic N) is 1. The molecule has 1 rings (SSSR count). The van der Waals surface area contributed by atoms with Crippen LogP contribution in [0.15, 0.2) is 0 Å². The van der Waals surface area contributed by atoms with Gasteiger partial charge in [0.15, 0.2) is 0 Å².